The molecule has 22 heavy (non-hydrogen) atoms. The molecule has 4 nitrogen and oxygen atoms in total. The Hall–Kier alpha value is -2.33. The van der Waals surface area contributed by atoms with E-state index in [9.17, 15) is 9.59 Å². The molecule has 1 heterocycles. The Morgan fingerprint density at radius 3 is 2.86 bits per heavy atom. The Balaban J connectivity index is 1.68. The van der Waals surface area contributed by atoms with Crippen molar-refractivity contribution in [3.63, 3.8) is 0 Å². The number of rotatable bonds is 3. The minimum Gasteiger partial charge on any atom is -0.326 e. The second kappa shape index (κ2) is 6.20. The molecule has 0 bridgehead atoms. The zero-order valence-electron chi connectivity index (χ0n) is 11.9. The van der Waals surface area contributed by atoms with Gasteiger partial charge in [0.1, 0.15) is 0 Å². The minimum atomic E-state index is -0.0953. The summed E-state index contributed by atoms with van der Waals surface area (Å²) in [5, 5.41) is 6.32. The average Bonchev–Trinajstić information content (AvgIpc) is 2.47. The number of hydrogen-bond acceptors (Lipinski definition) is 2. The van der Waals surface area contributed by atoms with E-state index in [-0.39, 0.29) is 18.2 Å². The molecule has 0 radical (unpaired) electrons. The van der Waals surface area contributed by atoms with E-state index in [1.807, 2.05) is 24.3 Å². The second-order valence-corrected chi connectivity index (χ2v) is 5.71. The summed E-state index contributed by atoms with van der Waals surface area (Å²) in [6, 6.07) is 12.8. The number of fused-ring (bicyclic) bond motifs is 1. The van der Waals surface area contributed by atoms with Gasteiger partial charge in [-0.2, -0.15) is 0 Å². The van der Waals surface area contributed by atoms with Gasteiger partial charge in [0, 0.05) is 22.8 Å². The summed E-state index contributed by atoms with van der Waals surface area (Å²) in [5.74, 6) is -0.0627. The lowest BCUT2D eigenvalue weighted by atomic mass is 10.0. The highest BCUT2D eigenvalue weighted by atomic mass is 35.5. The van der Waals surface area contributed by atoms with Gasteiger partial charge in [-0.15, -0.1) is 0 Å². The van der Waals surface area contributed by atoms with E-state index in [1.54, 1.807) is 18.2 Å². The zero-order chi connectivity index (χ0) is 15.5. The van der Waals surface area contributed by atoms with Gasteiger partial charge in [0.25, 0.3) is 0 Å². The SMILES string of the molecule is O=C(Cc1cccc(Cl)c1)Nc1ccc2c(c1)CCC(=O)N2. The summed E-state index contributed by atoms with van der Waals surface area (Å²) in [6.07, 6.45) is 1.44. The maximum absolute atomic E-state index is 12.1. The molecule has 2 N–H and O–H groups in total. The molecule has 1 aliphatic heterocycles. The van der Waals surface area contributed by atoms with Crippen molar-refractivity contribution in [3.8, 4) is 0 Å². The number of aryl methyl sites for hydroxylation is 1. The topological polar surface area (TPSA) is 58.2 Å². The van der Waals surface area contributed by atoms with Crippen LogP contribution in [0.5, 0.6) is 0 Å². The van der Waals surface area contributed by atoms with E-state index in [4.69, 9.17) is 11.6 Å². The summed E-state index contributed by atoms with van der Waals surface area (Å²) >= 11 is 5.91. The number of carbonyl (C=O) groups excluding carboxylic acids is 2. The molecular formula is C17H15ClN2O2. The molecule has 2 aromatic rings. The third-order valence-corrected chi connectivity index (χ3v) is 3.77. The number of carbonyl (C=O) groups is 2. The van der Waals surface area contributed by atoms with Gasteiger partial charge in [-0.25, -0.2) is 0 Å². The van der Waals surface area contributed by atoms with Crippen molar-refractivity contribution in [2.24, 2.45) is 0 Å². The van der Waals surface area contributed by atoms with Crippen LogP contribution in [0.25, 0.3) is 0 Å². The number of nitrogens with one attached hydrogen (secondary N) is 2. The first-order chi connectivity index (χ1) is 10.6. The first-order valence-electron chi connectivity index (χ1n) is 7.07. The van der Waals surface area contributed by atoms with Gasteiger partial charge in [0.15, 0.2) is 0 Å². The monoisotopic (exact) mass is 314 g/mol. The van der Waals surface area contributed by atoms with Gasteiger partial charge in [0.05, 0.1) is 6.42 Å². The molecule has 0 fully saturated rings. The average molecular weight is 315 g/mol. The molecule has 1 aliphatic rings. The fourth-order valence-corrected chi connectivity index (χ4v) is 2.71. The van der Waals surface area contributed by atoms with Crippen molar-refractivity contribution in [1.82, 2.24) is 0 Å². The summed E-state index contributed by atoms with van der Waals surface area (Å²) in [4.78, 5) is 23.4. The molecule has 0 saturated carbocycles. The summed E-state index contributed by atoms with van der Waals surface area (Å²) in [7, 11) is 0. The van der Waals surface area contributed by atoms with Crippen molar-refractivity contribution >= 4 is 34.8 Å². The lowest BCUT2D eigenvalue weighted by molar-refractivity contribution is -0.117. The van der Waals surface area contributed by atoms with Crippen molar-refractivity contribution in [2.75, 3.05) is 10.6 Å². The molecule has 0 aromatic heterocycles. The number of amides is 2. The van der Waals surface area contributed by atoms with E-state index < -0.39 is 0 Å². The third-order valence-electron chi connectivity index (χ3n) is 3.54. The van der Waals surface area contributed by atoms with Crippen LogP contribution < -0.4 is 10.6 Å². The van der Waals surface area contributed by atoms with Gasteiger partial charge in [-0.1, -0.05) is 23.7 Å². The third kappa shape index (κ3) is 3.46. The minimum absolute atomic E-state index is 0.0326. The van der Waals surface area contributed by atoms with E-state index in [1.165, 1.54) is 0 Å². The van der Waals surface area contributed by atoms with Crippen LogP contribution in [0.2, 0.25) is 5.02 Å². The van der Waals surface area contributed by atoms with Crippen LogP contribution in [0.15, 0.2) is 42.5 Å². The molecule has 0 spiro atoms. The van der Waals surface area contributed by atoms with Crippen molar-refractivity contribution in [1.29, 1.82) is 0 Å². The molecular weight excluding hydrogens is 300 g/mol. The van der Waals surface area contributed by atoms with Gasteiger partial charge < -0.3 is 10.6 Å². The fourth-order valence-electron chi connectivity index (χ4n) is 2.50. The fraction of sp³-hybridized carbons (Fsp3) is 0.176. The van der Waals surface area contributed by atoms with E-state index in [2.05, 4.69) is 10.6 Å². The molecule has 0 saturated heterocycles. The predicted octanol–water partition coefficient (Wildman–Crippen LogP) is 3.41. The molecule has 0 aliphatic carbocycles. The van der Waals surface area contributed by atoms with Crippen LogP contribution in [0.3, 0.4) is 0 Å². The number of benzene rings is 2. The smallest absolute Gasteiger partial charge is 0.228 e. The zero-order valence-corrected chi connectivity index (χ0v) is 12.6. The lowest BCUT2D eigenvalue weighted by Crippen LogP contribution is -2.19. The van der Waals surface area contributed by atoms with Crippen molar-refractivity contribution in [2.45, 2.75) is 19.3 Å². The van der Waals surface area contributed by atoms with Crippen LogP contribution in [0.1, 0.15) is 17.5 Å². The molecule has 112 valence electrons. The van der Waals surface area contributed by atoms with Crippen molar-refractivity contribution < 1.29 is 9.59 Å². The Bertz CT molecular complexity index is 743. The van der Waals surface area contributed by atoms with Crippen LogP contribution in [-0.2, 0) is 22.4 Å². The lowest BCUT2D eigenvalue weighted by Gasteiger charge is -2.17. The van der Waals surface area contributed by atoms with Gasteiger partial charge in [-0.05, 0) is 47.9 Å². The van der Waals surface area contributed by atoms with Crippen molar-refractivity contribution in [3.05, 3.63) is 58.6 Å². The van der Waals surface area contributed by atoms with E-state index in [0.717, 1.165) is 22.5 Å². The normalized spacial score (nSPS) is 13.2. The Labute approximate surface area is 133 Å². The first kappa shape index (κ1) is 14.6. The Kier molecular flexibility index (Phi) is 4.11. The standard InChI is InChI=1S/C17H15ClN2O2/c18-13-3-1-2-11(8-13)9-17(22)19-14-5-6-15-12(10-14)4-7-16(21)20-15/h1-3,5-6,8,10H,4,7,9H2,(H,19,22)(H,20,21). The molecule has 0 atom stereocenters. The number of anilines is 2. The maximum Gasteiger partial charge on any atom is 0.228 e. The maximum atomic E-state index is 12.1. The Morgan fingerprint density at radius 1 is 1.18 bits per heavy atom. The molecule has 5 heteroatoms. The highest BCUT2D eigenvalue weighted by Gasteiger charge is 2.15. The second-order valence-electron chi connectivity index (χ2n) is 5.27. The van der Waals surface area contributed by atoms with Crippen LogP contribution in [0, 0.1) is 0 Å². The van der Waals surface area contributed by atoms with Crippen LogP contribution in [0.4, 0.5) is 11.4 Å². The van der Waals surface area contributed by atoms with E-state index >= 15 is 0 Å². The predicted molar refractivity (Wildman–Crippen MR) is 87.2 cm³/mol. The van der Waals surface area contributed by atoms with Gasteiger partial charge in [0.2, 0.25) is 11.8 Å². The molecule has 0 unspecified atom stereocenters. The molecule has 2 aromatic carbocycles. The van der Waals surface area contributed by atoms with Gasteiger partial charge >= 0.3 is 0 Å². The number of halogens is 1. The van der Waals surface area contributed by atoms with Crippen LogP contribution >= 0.6 is 11.6 Å². The van der Waals surface area contributed by atoms with E-state index in [0.29, 0.717) is 17.9 Å². The first-order valence-corrected chi connectivity index (χ1v) is 7.45. The summed E-state index contributed by atoms with van der Waals surface area (Å²) in [6.45, 7) is 0. The largest absolute Gasteiger partial charge is 0.326 e. The quantitative estimate of drug-likeness (QED) is 0.912. The summed E-state index contributed by atoms with van der Waals surface area (Å²) in [5.41, 5.74) is 3.47. The Morgan fingerprint density at radius 2 is 2.05 bits per heavy atom. The highest BCUT2D eigenvalue weighted by molar-refractivity contribution is 6.30. The van der Waals surface area contributed by atoms with Gasteiger partial charge in [-0.3, -0.25) is 9.59 Å². The van der Waals surface area contributed by atoms with Crippen LogP contribution in [-0.4, -0.2) is 11.8 Å². The molecule has 2 amide bonds. The highest BCUT2D eigenvalue weighted by Crippen LogP contribution is 2.25. The summed E-state index contributed by atoms with van der Waals surface area (Å²) < 4.78 is 0. The number of hydrogen-bond donors (Lipinski definition) is 2. The molecule has 3 rings (SSSR count).